The van der Waals surface area contributed by atoms with Crippen LogP contribution in [0.5, 0.6) is 5.75 Å². The molecule has 0 saturated heterocycles. The van der Waals surface area contributed by atoms with Gasteiger partial charge in [0.15, 0.2) is 12.3 Å². The van der Waals surface area contributed by atoms with Crippen molar-refractivity contribution in [2.24, 2.45) is 5.41 Å². The molecule has 248 valence electrons. The van der Waals surface area contributed by atoms with Gasteiger partial charge in [-0.15, -0.1) is 0 Å². The molecule has 0 radical (unpaired) electrons. The van der Waals surface area contributed by atoms with Gasteiger partial charge in [0.05, 0.1) is 21.3 Å². The van der Waals surface area contributed by atoms with E-state index in [9.17, 15) is 13.0 Å². The number of hydrogen-bond acceptors (Lipinski definition) is 6. The van der Waals surface area contributed by atoms with Gasteiger partial charge in [-0.25, -0.2) is 8.42 Å². The molecule has 7 nitrogen and oxygen atoms in total. The lowest BCUT2D eigenvalue weighted by Gasteiger charge is -2.30. The zero-order chi connectivity index (χ0) is 33.8. The summed E-state index contributed by atoms with van der Waals surface area (Å²) in [6.07, 6.45) is 10.9. The van der Waals surface area contributed by atoms with Crippen molar-refractivity contribution in [3.05, 3.63) is 112 Å². The van der Waals surface area contributed by atoms with Crippen molar-refractivity contribution < 1.29 is 22.3 Å². The third-order valence-corrected chi connectivity index (χ3v) is 11.3. The van der Waals surface area contributed by atoms with E-state index in [0.717, 1.165) is 57.6 Å². The van der Waals surface area contributed by atoms with Gasteiger partial charge in [-0.2, -0.15) is 4.57 Å². The van der Waals surface area contributed by atoms with E-state index in [1.807, 2.05) is 0 Å². The van der Waals surface area contributed by atoms with Crippen molar-refractivity contribution in [2.45, 2.75) is 60.4 Å². The van der Waals surface area contributed by atoms with E-state index in [-0.39, 0.29) is 17.6 Å². The van der Waals surface area contributed by atoms with Crippen LogP contribution in [0, 0.1) is 19.3 Å². The third-order valence-electron chi connectivity index (χ3n) is 9.38. The Bertz CT molecular complexity index is 2270. The van der Waals surface area contributed by atoms with E-state index >= 15 is 0 Å². The lowest BCUT2D eigenvalue weighted by Crippen LogP contribution is -2.36. The van der Waals surface area contributed by atoms with Gasteiger partial charge >= 0.3 is 0 Å². The SMILES string of the molecule is CCN1/C(=C/C2=CC(=C\c3sc4cc(C)c(C)cc4[n+]3CCCS(=O)(=O)[O-])/CC(C)(C)C2)Oc2ccc(-n3ccc4ccccc43)cc21. The monoisotopic (exact) mass is 679 g/mol. The molecule has 9 heteroatoms. The molecule has 2 aromatic heterocycles. The molecule has 7 rings (SSSR count). The van der Waals surface area contributed by atoms with E-state index in [1.54, 1.807) is 11.3 Å². The highest BCUT2D eigenvalue weighted by molar-refractivity contribution is 7.85. The second kappa shape index (κ2) is 12.4. The fourth-order valence-corrected chi connectivity index (χ4v) is 8.81. The molecule has 1 aliphatic carbocycles. The Morgan fingerprint density at radius 1 is 1.02 bits per heavy atom. The fraction of sp³-hybridized carbons (Fsp3) is 0.308. The standard InChI is InChI=1S/C39H41N3O4S2/c1-6-40-33-23-31(41-16-14-30-10-7-8-11-32(30)41)12-13-35(33)46-37(40)21-28-20-29(25-39(4,5)24-28)22-38-42(15-9-17-48(43,44)45)34-18-26(2)27(3)19-36(34)47-38/h7-8,10-14,16,18-23H,6,9,15,17,24-25H2,1-5H3. The highest BCUT2D eigenvalue weighted by Gasteiger charge is 2.30. The zero-order valence-corrected chi connectivity index (χ0v) is 29.7. The molecule has 1 aliphatic heterocycles. The number of benzene rings is 3. The van der Waals surface area contributed by atoms with Gasteiger partial charge in [-0.1, -0.05) is 49.5 Å². The van der Waals surface area contributed by atoms with Gasteiger partial charge in [0.2, 0.25) is 11.4 Å². The highest BCUT2D eigenvalue weighted by Crippen LogP contribution is 2.44. The van der Waals surface area contributed by atoms with Crippen LogP contribution in [0.25, 0.3) is 32.9 Å². The molecule has 0 atom stereocenters. The predicted octanol–water partition coefficient (Wildman–Crippen LogP) is 8.57. The number of rotatable bonds is 8. The first-order valence-corrected chi connectivity index (χ1v) is 18.9. The maximum absolute atomic E-state index is 11.4. The van der Waals surface area contributed by atoms with E-state index in [1.165, 1.54) is 33.2 Å². The van der Waals surface area contributed by atoms with Gasteiger partial charge in [-0.05, 0) is 103 Å². The molecule has 0 amide bonds. The van der Waals surface area contributed by atoms with Crippen LogP contribution in [-0.2, 0) is 16.7 Å². The Morgan fingerprint density at radius 3 is 2.60 bits per heavy atom. The van der Waals surface area contributed by atoms with Crippen molar-refractivity contribution >= 4 is 54.3 Å². The van der Waals surface area contributed by atoms with E-state index < -0.39 is 10.1 Å². The topological polar surface area (TPSA) is 78.5 Å². The van der Waals surface area contributed by atoms with Gasteiger partial charge in [0.1, 0.15) is 4.70 Å². The Kier molecular flexibility index (Phi) is 8.34. The molecule has 5 aromatic rings. The van der Waals surface area contributed by atoms with Crippen LogP contribution in [0.3, 0.4) is 0 Å². The molecule has 48 heavy (non-hydrogen) atoms. The quantitative estimate of drug-likeness (QED) is 0.121. The summed E-state index contributed by atoms with van der Waals surface area (Å²) in [5.41, 5.74) is 9.24. The number of para-hydroxylation sites is 1. The van der Waals surface area contributed by atoms with Crippen LogP contribution in [0.4, 0.5) is 5.69 Å². The van der Waals surface area contributed by atoms with Crippen LogP contribution in [0.1, 0.15) is 56.2 Å². The molecular formula is C39H41N3O4S2. The highest BCUT2D eigenvalue weighted by atomic mass is 32.2. The summed E-state index contributed by atoms with van der Waals surface area (Å²) in [6, 6.07) is 21.3. The van der Waals surface area contributed by atoms with Crippen molar-refractivity contribution in [1.82, 2.24) is 4.57 Å². The van der Waals surface area contributed by atoms with Crippen LogP contribution in [0.2, 0.25) is 0 Å². The third kappa shape index (κ3) is 6.46. The van der Waals surface area contributed by atoms with E-state index in [4.69, 9.17) is 4.74 Å². The van der Waals surface area contributed by atoms with Crippen LogP contribution in [-0.4, -0.2) is 29.8 Å². The Hall–Kier alpha value is -4.18. The first-order valence-electron chi connectivity index (χ1n) is 16.5. The summed E-state index contributed by atoms with van der Waals surface area (Å²) in [6.45, 7) is 12.2. The molecule has 3 heterocycles. The summed E-state index contributed by atoms with van der Waals surface area (Å²) in [5, 5.41) is 2.26. The Balaban J connectivity index is 1.23. The minimum atomic E-state index is -4.28. The predicted molar refractivity (Wildman–Crippen MR) is 195 cm³/mol. The minimum absolute atomic E-state index is 0.0312. The number of ether oxygens (including phenoxy) is 1. The number of aryl methyl sites for hydroxylation is 3. The number of thiazole rings is 1. The maximum atomic E-state index is 11.4. The summed E-state index contributed by atoms with van der Waals surface area (Å²) in [5.74, 6) is 1.31. The molecule has 0 bridgehead atoms. The second-order valence-corrected chi connectivity index (χ2v) is 16.4. The average molecular weight is 680 g/mol. The summed E-state index contributed by atoms with van der Waals surface area (Å²) in [4.78, 5) is 2.24. The van der Waals surface area contributed by atoms with Gasteiger partial charge < -0.3 is 18.8 Å². The largest absolute Gasteiger partial charge is 0.748 e. The summed E-state index contributed by atoms with van der Waals surface area (Å²) >= 11 is 1.71. The molecule has 0 saturated carbocycles. The summed E-state index contributed by atoms with van der Waals surface area (Å²) in [7, 11) is -4.28. The Labute approximate surface area is 286 Å². The van der Waals surface area contributed by atoms with E-state index in [0.29, 0.717) is 6.54 Å². The van der Waals surface area contributed by atoms with Gasteiger partial charge in [0.25, 0.3) is 5.01 Å². The van der Waals surface area contributed by atoms with Crippen LogP contribution < -0.4 is 14.2 Å². The number of nitrogens with zero attached hydrogens (tertiary/aromatic N) is 3. The zero-order valence-electron chi connectivity index (χ0n) is 28.1. The average Bonchev–Trinajstić information content (AvgIpc) is 3.69. The van der Waals surface area contributed by atoms with Crippen molar-refractivity contribution in [1.29, 1.82) is 0 Å². The number of allylic oxidation sites excluding steroid dienone is 4. The number of anilines is 1. The molecule has 3 aromatic carbocycles. The first kappa shape index (κ1) is 32.4. The number of aromatic nitrogens is 2. The molecule has 2 aliphatic rings. The molecule has 0 N–H and O–H groups in total. The summed E-state index contributed by atoms with van der Waals surface area (Å²) < 4.78 is 46.3. The van der Waals surface area contributed by atoms with Crippen LogP contribution in [0.15, 0.2) is 96.0 Å². The van der Waals surface area contributed by atoms with Crippen molar-refractivity contribution in [3.63, 3.8) is 0 Å². The molecule has 0 fully saturated rings. The maximum Gasteiger partial charge on any atom is 0.263 e. The molecular weight excluding hydrogens is 639 g/mol. The minimum Gasteiger partial charge on any atom is -0.748 e. The molecule has 0 unspecified atom stereocenters. The normalized spacial score (nSPS) is 17.8. The van der Waals surface area contributed by atoms with E-state index in [2.05, 4.69) is 134 Å². The smallest absolute Gasteiger partial charge is 0.263 e. The fourth-order valence-electron chi connectivity index (χ4n) is 7.08. The van der Waals surface area contributed by atoms with Crippen LogP contribution >= 0.6 is 11.3 Å². The first-order chi connectivity index (χ1) is 22.9. The number of fused-ring (bicyclic) bond motifs is 3. The Morgan fingerprint density at radius 2 is 1.81 bits per heavy atom. The number of hydrogen-bond donors (Lipinski definition) is 0. The lowest BCUT2D eigenvalue weighted by molar-refractivity contribution is -0.668. The second-order valence-electron chi connectivity index (χ2n) is 13.8. The lowest BCUT2D eigenvalue weighted by atomic mass is 9.75. The molecule has 0 spiro atoms. The van der Waals surface area contributed by atoms with Gasteiger partial charge in [0, 0.05) is 48.8 Å². The van der Waals surface area contributed by atoms with Gasteiger partial charge in [-0.3, -0.25) is 0 Å². The van der Waals surface area contributed by atoms with Crippen molar-refractivity contribution in [2.75, 3.05) is 17.2 Å². The van der Waals surface area contributed by atoms with Crippen molar-refractivity contribution in [3.8, 4) is 11.4 Å².